The van der Waals surface area contributed by atoms with Gasteiger partial charge in [0.1, 0.15) is 18.5 Å². The lowest BCUT2D eigenvalue weighted by Gasteiger charge is -2.27. The molecule has 128 valence electrons. The lowest BCUT2D eigenvalue weighted by molar-refractivity contribution is -0.384. The summed E-state index contributed by atoms with van der Waals surface area (Å²) in [6.45, 7) is 3.70. The molecule has 3 fully saturated rings. The van der Waals surface area contributed by atoms with Crippen LogP contribution in [0.2, 0.25) is 0 Å². The molecule has 0 amide bonds. The van der Waals surface area contributed by atoms with E-state index in [1.807, 2.05) is 0 Å². The molecule has 1 N–H and O–H groups in total. The SMILES string of the molecule is CC1(C)O[C@H]2O[C@@H]3CO/C(=C\c4ccc([N+](=O)[O-])cc4)[C@]3(O)[C@H]2O1. The second kappa shape index (κ2) is 5.00. The molecular formula is C16H17NO7. The molecule has 4 atom stereocenters. The van der Waals surface area contributed by atoms with Gasteiger partial charge in [0, 0.05) is 12.1 Å². The Morgan fingerprint density at radius 2 is 2.00 bits per heavy atom. The number of nitro groups is 1. The van der Waals surface area contributed by atoms with Crippen LogP contribution >= 0.6 is 0 Å². The summed E-state index contributed by atoms with van der Waals surface area (Å²) in [6.07, 6.45) is -0.277. The molecule has 0 spiro atoms. The molecule has 3 aliphatic heterocycles. The summed E-state index contributed by atoms with van der Waals surface area (Å²) in [5.74, 6) is -0.535. The third-order valence-corrected chi connectivity index (χ3v) is 4.47. The van der Waals surface area contributed by atoms with Gasteiger partial charge in [-0.1, -0.05) is 0 Å². The normalized spacial score (nSPS) is 38.0. The summed E-state index contributed by atoms with van der Waals surface area (Å²) in [7, 11) is 0. The molecule has 0 aliphatic carbocycles. The van der Waals surface area contributed by atoms with Crippen LogP contribution in [0.3, 0.4) is 0 Å². The highest BCUT2D eigenvalue weighted by molar-refractivity contribution is 5.57. The van der Waals surface area contributed by atoms with Crippen molar-refractivity contribution in [2.75, 3.05) is 6.61 Å². The van der Waals surface area contributed by atoms with Gasteiger partial charge in [0.25, 0.3) is 5.69 Å². The highest BCUT2D eigenvalue weighted by Gasteiger charge is 2.68. The van der Waals surface area contributed by atoms with Crippen LogP contribution in [-0.2, 0) is 18.9 Å². The lowest BCUT2D eigenvalue weighted by Crippen LogP contribution is -2.47. The zero-order valence-corrected chi connectivity index (χ0v) is 13.2. The Kier molecular flexibility index (Phi) is 3.23. The van der Waals surface area contributed by atoms with Gasteiger partial charge in [0.2, 0.25) is 0 Å². The molecule has 1 aromatic carbocycles. The van der Waals surface area contributed by atoms with Gasteiger partial charge in [-0.25, -0.2) is 0 Å². The summed E-state index contributed by atoms with van der Waals surface area (Å²) in [5, 5.41) is 21.9. The van der Waals surface area contributed by atoms with Crippen molar-refractivity contribution in [3.05, 3.63) is 45.7 Å². The van der Waals surface area contributed by atoms with Crippen LogP contribution in [0.4, 0.5) is 5.69 Å². The standard InChI is InChI=1S/C16H17NO7/c1-15(2)23-13-14(24-15)22-12-8-21-11(16(12,13)18)7-9-3-5-10(6-4-9)17(19)20/h3-7,12-14,18H,8H2,1-2H3/b11-7-/t12-,13+,14-,16-/m1/s1. The predicted octanol–water partition coefficient (Wildman–Crippen LogP) is 1.57. The van der Waals surface area contributed by atoms with Crippen molar-refractivity contribution in [3.63, 3.8) is 0 Å². The monoisotopic (exact) mass is 335 g/mol. The third kappa shape index (κ3) is 2.22. The Labute approximate surface area is 137 Å². The van der Waals surface area contributed by atoms with E-state index in [1.54, 1.807) is 32.1 Å². The number of hydrogen-bond donors (Lipinski definition) is 1. The lowest BCUT2D eigenvalue weighted by atomic mass is 9.91. The molecule has 1 aromatic rings. The highest BCUT2D eigenvalue weighted by atomic mass is 16.8. The fourth-order valence-electron chi connectivity index (χ4n) is 3.32. The van der Waals surface area contributed by atoms with E-state index in [2.05, 4.69) is 0 Å². The molecule has 0 aromatic heterocycles. The average Bonchev–Trinajstić information content (AvgIpc) is 3.07. The van der Waals surface area contributed by atoms with Crippen molar-refractivity contribution < 1.29 is 29.0 Å². The van der Waals surface area contributed by atoms with Crippen LogP contribution in [0, 0.1) is 10.1 Å². The average molecular weight is 335 g/mol. The topological polar surface area (TPSA) is 100 Å². The molecule has 3 heterocycles. The van der Waals surface area contributed by atoms with E-state index in [0.29, 0.717) is 11.3 Å². The second-order valence-electron chi connectivity index (χ2n) is 6.54. The predicted molar refractivity (Wildman–Crippen MR) is 80.7 cm³/mol. The Morgan fingerprint density at radius 1 is 1.29 bits per heavy atom. The molecule has 4 rings (SSSR count). The Balaban J connectivity index is 1.65. The molecule has 3 saturated heterocycles. The first-order valence-electron chi connectivity index (χ1n) is 7.62. The number of nitrogens with zero attached hydrogens (tertiary/aromatic N) is 1. The van der Waals surface area contributed by atoms with Crippen molar-refractivity contribution in [1.82, 2.24) is 0 Å². The minimum atomic E-state index is -1.44. The minimum Gasteiger partial charge on any atom is -0.492 e. The summed E-state index contributed by atoms with van der Waals surface area (Å²) in [4.78, 5) is 10.3. The molecule has 8 heteroatoms. The number of aliphatic hydroxyl groups is 1. The van der Waals surface area contributed by atoms with Crippen molar-refractivity contribution in [1.29, 1.82) is 0 Å². The number of rotatable bonds is 2. The maximum absolute atomic E-state index is 11.2. The van der Waals surface area contributed by atoms with Crippen molar-refractivity contribution in [2.45, 2.75) is 43.7 Å². The third-order valence-electron chi connectivity index (χ3n) is 4.47. The van der Waals surface area contributed by atoms with Gasteiger partial charge in [-0.3, -0.25) is 10.1 Å². The number of non-ortho nitro benzene ring substituents is 1. The number of hydrogen-bond acceptors (Lipinski definition) is 7. The summed E-state index contributed by atoms with van der Waals surface area (Å²) in [6, 6.07) is 5.98. The van der Waals surface area contributed by atoms with Gasteiger partial charge < -0.3 is 24.1 Å². The van der Waals surface area contributed by atoms with E-state index >= 15 is 0 Å². The van der Waals surface area contributed by atoms with Crippen molar-refractivity contribution in [3.8, 4) is 0 Å². The molecule has 3 aliphatic rings. The van der Waals surface area contributed by atoms with Gasteiger partial charge >= 0.3 is 0 Å². The zero-order chi connectivity index (χ0) is 17.1. The Hall–Kier alpha value is -2.00. The van der Waals surface area contributed by atoms with Crippen LogP contribution in [0.15, 0.2) is 30.0 Å². The van der Waals surface area contributed by atoms with E-state index in [9.17, 15) is 15.2 Å². The smallest absolute Gasteiger partial charge is 0.269 e. The van der Waals surface area contributed by atoms with Crippen molar-refractivity contribution in [2.24, 2.45) is 0 Å². The van der Waals surface area contributed by atoms with Gasteiger partial charge in [0.05, 0.1) is 4.92 Å². The van der Waals surface area contributed by atoms with E-state index in [4.69, 9.17) is 18.9 Å². The quantitative estimate of drug-likeness (QED) is 0.647. The summed E-state index contributed by atoms with van der Waals surface area (Å²) >= 11 is 0. The van der Waals surface area contributed by atoms with Crippen LogP contribution in [0.25, 0.3) is 6.08 Å². The number of nitro benzene ring substituents is 1. The fourth-order valence-corrected chi connectivity index (χ4v) is 3.32. The van der Waals surface area contributed by atoms with E-state index in [-0.39, 0.29) is 12.3 Å². The van der Waals surface area contributed by atoms with E-state index in [0.717, 1.165) is 0 Å². The van der Waals surface area contributed by atoms with Crippen molar-refractivity contribution >= 4 is 11.8 Å². The molecule has 0 radical (unpaired) electrons. The van der Waals surface area contributed by atoms with Gasteiger partial charge in [-0.15, -0.1) is 0 Å². The maximum Gasteiger partial charge on any atom is 0.269 e. The number of fused-ring (bicyclic) bond motifs is 3. The maximum atomic E-state index is 11.2. The summed E-state index contributed by atoms with van der Waals surface area (Å²) in [5.41, 5.74) is -0.772. The van der Waals surface area contributed by atoms with Crippen LogP contribution in [0.1, 0.15) is 19.4 Å². The molecule has 24 heavy (non-hydrogen) atoms. The van der Waals surface area contributed by atoms with Gasteiger partial charge in [-0.05, 0) is 37.6 Å². The van der Waals surface area contributed by atoms with E-state index in [1.165, 1.54) is 12.1 Å². The fraction of sp³-hybridized carbons (Fsp3) is 0.500. The highest BCUT2D eigenvalue weighted by Crippen LogP contribution is 2.50. The number of ether oxygens (including phenoxy) is 4. The molecule has 8 nitrogen and oxygen atoms in total. The number of benzene rings is 1. The largest absolute Gasteiger partial charge is 0.492 e. The van der Waals surface area contributed by atoms with Crippen LogP contribution < -0.4 is 0 Å². The van der Waals surface area contributed by atoms with Crippen LogP contribution in [0.5, 0.6) is 0 Å². The Bertz CT molecular complexity index is 714. The molecular weight excluding hydrogens is 318 g/mol. The van der Waals surface area contributed by atoms with Crippen LogP contribution in [-0.4, -0.2) is 46.5 Å². The molecule has 0 saturated carbocycles. The Morgan fingerprint density at radius 3 is 2.67 bits per heavy atom. The van der Waals surface area contributed by atoms with E-state index < -0.39 is 34.8 Å². The first-order chi connectivity index (χ1) is 11.3. The van der Waals surface area contributed by atoms with Gasteiger partial charge in [-0.2, -0.15) is 0 Å². The second-order valence-corrected chi connectivity index (χ2v) is 6.54. The first-order valence-corrected chi connectivity index (χ1v) is 7.62. The zero-order valence-electron chi connectivity index (χ0n) is 13.2. The first kappa shape index (κ1) is 15.5. The summed E-state index contributed by atoms with van der Waals surface area (Å²) < 4.78 is 22.8. The minimum absolute atomic E-state index is 0.000354. The van der Waals surface area contributed by atoms with Gasteiger partial charge in [0.15, 0.2) is 23.8 Å². The molecule has 0 unspecified atom stereocenters. The molecule has 0 bridgehead atoms.